The molecule has 24 heavy (non-hydrogen) atoms. The number of rotatable bonds is 7. The normalized spacial score (nSPS) is 12.8. The number of carbonyl (C=O) groups is 2. The van der Waals surface area contributed by atoms with Crippen molar-refractivity contribution in [1.82, 2.24) is 5.32 Å². The van der Waals surface area contributed by atoms with Crippen molar-refractivity contribution in [3.8, 4) is 0 Å². The van der Waals surface area contributed by atoms with Crippen molar-refractivity contribution in [2.45, 2.75) is 59.6 Å². The highest BCUT2D eigenvalue weighted by molar-refractivity contribution is 5.89. The Bertz CT molecular complexity index is 545. The molecule has 1 atom stereocenters. The minimum atomic E-state index is -0.339. The van der Waals surface area contributed by atoms with Crippen LogP contribution in [0.2, 0.25) is 0 Å². The Hall–Kier alpha value is -1.88. The second-order valence-electron chi connectivity index (χ2n) is 7.50. The van der Waals surface area contributed by atoms with Gasteiger partial charge in [-0.1, -0.05) is 32.9 Å². The van der Waals surface area contributed by atoms with Crippen LogP contribution in [0.4, 0.5) is 0 Å². The number of esters is 1. The zero-order chi connectivity index (χ0) is 18.3. The van der Waals surface area contributed by atoms with Crippen molar-refractivity contribution >= 4 is 11.9 Å². The number of carbonyl (C=O) groups excluding carboxylic acids is 2. The zero-order valence-corrected chi connectivity index (χ0v) is 15.4. The fourth-order valence-corrected chi connectivity index (χ4v) is 2.29. The molecule has 0 radical (unpaired) electrons. The summed E-state index contributed by atoms with van der Waals surface area (Å²) in [4.78, 5) is 23.6. The smallest absolute Gasteiger partial charge is 0.338 e. The second-order valence-corrected chi connectivity index (χ2v) is 7.50. The molecule has 5 nitrogen and oxygen atoms in total. The lowest BCUT2D eigenvalue weighted by Gasteiger charge is -2.24. The van der Waals surface area contributed by atoms with Gasteiger partial charge in [-0.05, 0) is 49.8 Å². The van der Waals surface area contributed by atoms with E-state index in [1.807, 2.05) is 26.0 Å². The fourth-order valence-electron chi connectivity index (χ4n) is 2.29. The number of amides is 1. The van der Waals surface area contributed by atoms with Gasteiger partial charge < -0.3 is 15.8 Å². The molecule has 134 valence electrons. The highest BCUT2D eigenvalue weighted by Gasteiger charge is 2.19. The SMILES string of the molecule is CC(C)OC(=O)c1ccc([C@@H](CCC(C)(C)C)NC(=O)CN)cc1. The van der Waals surface area contributed by atoms with E-state index in [0.29, 0.717) is 5.56 Å². The summed E-state index contributed by atoms with van der Waals surface area (Å²) in [6, 6.07) is 7.08. The van der Waals surface area contributed by atoms with Crippen molar-refractivity contribution in [2.24, 2.45) is 11.1 Å². The minimum Gasteiger partial charge on any atom is -0.459 e. The average Bonchev–Trinajstić information content (AvgIpc) is 2.49. The van der Waals surface area contributed by atoms with Crippen LogP contribution in [0.15, 0.2) is 24.3 Å². The molecule has 1 rings (SSSR count). The highest BCUT2D eigenvalue weighted by Crippen LogP contribution is 2.27. The Morgan fingerprint density at radius 2 is 1.75 bits per heavy atom. The fraction of sp³-hybridized carbons (Fsp3) is 0.579. The molecular weight excluding hydrogens is 304 g/mol. The summed E-state index contributed by atoms with van der Waals surface area (Å²) in [6.45, 7) is 10.1. The number of hydrogen-bond acceptors (Lipinski definition) is 4. The van der Waals surface area contributed by atoms with Crippen LogP contribution in [0.1, 0.15) is 69.4 Å². The Morgan fingerprint density at radius 1 is 1.17 bits per heavy atom. The zero-order valence-electron chi connectivity index (χ0n) is 15.4. The summed E-state index contributed by atoms with van der Waals surface area (Å²) in [5.41, 5.74) is 7.06. The van der Waals surface area contributed by atoms with Gasteiger partial charge in [0.15, 0.2) is 0 Å². The molecular formula is C19H30N2O3. The lowest BCUT2D eigenvalue weighted by Crippen LogP contribution is -2.34. The predicted octanol–water partition coefficient (Wildman–Crippen LogP) is 3.19. The molecule has 3 N–H and O–H groups in total. The van der Waals surface area contributed by atoms with Crippen LogP contribution < -0.4 is 11.1 Å². The molecule has 0 aromatic heterocycles. The van der Waals surface area contributed by atoms with Crippen LogP contribution in [0.25, 0.3) is 0 Å². The van der Waals surface area contributed by atoms with Gasteiger partial charge in [-0.3, -0.25) is 4.79 Å². The average molecular weight is 334 g/mol. The Labute approximate surface area is 145 Å². The number of hydrogen-bond donors (Lipinski definition) is 2. The standard InChI is InChI=1S/C19H30N2O3/c1-13(2)24-18(23)15-8-6-14(7-9-15)16(21-17(22)12-20)10-11-19(3,4)5/h6-9,13,16H,10-12,20H2,1-5H3,(H,21,22)/t16-/m1/s1. The summed E-state index contributed by atoms with van der Waals surface area (Å²) >= 11 is 0. The Morgan fingerprint density at radius 3 is 2.21 bits per heavy atom. The van der Waals surface area contributed by atoms with E-state index in [1.54, 1.807) is 12.1 Å². The molecule has 1 aromatic rings. The molecule has 0 aliphatic rings. The summed E-state index contributed by atoms with van der Waals surface area (Å²) < 4.78 is 5.19. The van der Waals surface area contributed by atoms with Gasteiger partial charge in [0.05, 0.1) is 24.3 Å². The maximum absolute atomic E-state index is 11.9. The monoisotopic (exact) mass is 334 g/mol. The van der Waals surface area contributed by atoms with E-state index >= 15 is 0 Å². The van der Waals surface area contributed by atoms with E-state index in [4.69, 9.17) is 10.5 Å². The predicted molar refractivity (Wildman–Crippen MR) is 95.6 cm³/mol. The molecule has 0 aliphatic carbocycles. The van der Waals surface area contributed by atoms with E-state index in [9.17, 15) is 9.59 Å². The molecule has 1 aromatic carbocycles. The molecule has 0 fully saturated rings. The van der Waals surface area contributed by atoms with Gasteiger partial charge in [-0.25, -0.2) is 4.79 Å². The third kappa shape index (κ3) is 7.13. The van der Waals surface area contributed by atoms with Gasteiger partial charge in [0.25, 0.3) is 0 Å². The first-order valence-electron chi connectivity index (χ1n) is 8.43. The van der Waals surface area contributed by atoms with Crippen LogP contribution in [0, 0.1) is 5.41 Å². The van der Waals surface area contributed by atoms with Crippen LogP contribution >= 0.6 is 0 Å². The van der Waals surface area contributed by atoms with Gasteiger partial charge in [0.1, 0.15) is 0 Å². The number of benzene rings is 1. The summed E-state index contributed by atoms with van der Waals surface area (Å²) in [5.74, 6) is -0.522. The minimum absolute atomic E-state index is 0.0369. The molecule has 0 spiro atoms. The Balaban J connectivity index is 2.88. The summed E-state index contributed by atoms with van der Waals surface area (Å²) in [7, 11) is 0. The summed E-state index contributed by atoms with van der Waals surface area (Å²) in [6.07, 6.45) is 1.62. The molecule has 0 saturated carbocycles. The lowest BCUT2D eigenvalue weighted by atomic mass is 9.87. The van der Waals surface area contributed by atoms with E-state index in [1.165, 1.54) is 0 Å². The molecule has 0 aliphatic heterocycles. The number of ether oxygens (including phenoxy) is 1. The van der Waals surface area contributed by atoms with Gasteiger partial charge >= 0.3 is 5.97 Å². The van der Waals surface area contributed by atoms with E-state index in [0.717, 1.165) is 18.4 Å². The third-order valence-electron chi connectivity index (χ3n) is 3.60. The number of nitrogens with two attached hydrogens (primary N) is 1. The van der Waals surface area contributed by atoms with Gasteiger partial charge in [-0.15, -0.1) is 0 Å². The Kier molecular flexibility index (Phi) is 7.42. The largest absolute Gasteiger partial charge is 0.459 e. The molecule has 0 bridgehead atoms. The quantitative estimate of drug-likeness (QED) is 0.750. The van der Waals surface area contributed by atoms with Gasteiger partial charge in [0, 0.05) is 0 Å². The van der Waals surface area contributed by atoms with E-state index in [-0.39, 0.29) is 36.0 Å². The first-order chi connectivity index (χ1) is 11.1. The first kappa shape index (κ1) is 20.2. The number of nitrogens with one attached hydrogen (secondary N) is 1. The molecule has 0 saturated heterocycles. The van der Waals surface area contributed by atoms with Gasteiger partial charge in [-0.2, -0.15) is 0 Å². The van der Waals surface area contributed by atoms with E-state index < -0.39 is 0 Å². The van der Waals surface area contributed by atoms with Crippen molar-refractivity contribution in [3.63, 3.8) is 0 Å². The van der Waals surface area contributed by atoms with Crippen molar-refractivity contribution in [2.75, 3.05) is 6.54 Å². The molecule has 1 amide bonds. The first-order valence-corrected chi connectivity index (χ1v) is 8.43. The van der Waals surface area contributed by atoms with Crippen LogP contribution in [-0.2, 0) is 9.53 Å². The summed E-state index contributed by atoms with van der Waals surface area (Å²) in [5, 5.41) is 2.96. The van der Waals surface area contributed by atoms with Crippen molar-refractivity contribution in [1.29, 1.82) is 0 Å². The highest BCUT2D eigenvalue weighted by atomic mass is 16.5. The van der Waals surface area contributed by atoms with Crippen LogP contribution in [-0.4, -0.2) is 24.5 Å². The molecule has 5 heteroatoms. The lowest BCUT2D eigenvalue weighted by molar-refractivity contribution is -0.120. The van der Waals surface area contributed by atoms with Crippen LogP contribution in [0.5, 0.6) is 0 Å². The molecule has 0 heterocycles. The van der Waals surface area contributed by atoms with E-state index in [2.05, 4.69) is 26.1 Å². The van der Waals surface area contributed by atoms with Crippen LogP contribution in [0.3, 0.4) is 0 Å². The van der Waals surface area contributed by atoms with Crippen molar-refractivity contribution < 1.29 is 14.3 Å². The second kappa shape index (κ2) is 8.83. The maximum atomic E-state index is 11.9. The topological polar surface area (TPSA) is 81.4 Å². The third-order valence-corrected chi connectivity index (χ3v) is 3.60. The van der Waals surface area contributed by atoms with Gasteiger partial charge in [0.2, 0.25) is 5.91 Å². The molecule has 0 unspecified atom stereocenters. The maximum Gasteiger partial charge on any atom is 0.338 e. The van der Waals surface area contributed by atoms with Crippen molar-refractivity contribution in [3.05, 3.63) is 35.4 Å².